The van der Waals surface area contributed by atoms with Crippen molar-refractivity contribution in [1.29, 1.82) is 0 Å². The van der Waals surface area contributed by atoms with Crippen LogP contribution in [0.4, 0.5) is 0 Å². The van der Waals surface area contributed by atoms with Gasteiger partial charge in [-0.15, -0.1) is 0 Å². The van der Waals surface area contributed by atoms with Crippen LogP contribution in [0.15, 0.2) is 12.3 Å². The summed E-state index contributed by atoms with van der Waals surface area (Å²) in [6.45, 7) is 5.56. The molecule has 1 saturated carbocycles. The van der Waals surface area contributed by atoms with Gasteiger partial charge in [-0.3, -0.25) is 4.68 Å². The van der Waals surface area contributed by atoms with E-state index in [9.17, 15) is 0 Å². The summed E-state index contributed by atoms with van der Waals surface area (Å²) in [7, 11) is 2.11. The number of hydrogen-bond donors (Lipinski definition) is 1. The Morgan fingerprint density at radius 1 is 1.24 bits per heavy atom. The van der Waals surface area contributed by atoms with Crippen LogP contribution in [-0.4, -0.2) is 16.8 Å². The van der Waals surface area contributed by atoms with Crippen molar-refractivity contribution in [2.24, 2.45) is 11.8 Å². The van der Waals surface area contributed by atoms with Gasteiger partial charge in [-0.05, 0) is 44.2 Å². The summed E-state index contributed by atoms with van der Waals surface area (Å²) in [4.78, 5) is 0. The molecule has 3 heteroatoms. The van der Waals surface area contributed by atoms with Crippen molar-refractivity contribution < 1.29 is 0 Å². The number of unbranched alkanes of at least 4 members (excludes halogenated alkanes) is 1. The summed E-state index contributed by atoms with van der Waals surface area (Å²) >= 11 is 0. The van der Waals surface area contributed by atoms with Crippen molar-refractivity contribution in [2.75, 3.05) is 7.05 Å². The van der Waals surface area contributed by atoms with Crippen molar-refractivity contribution in [3.05, 3.63) is 18.0 Å². The average molecular weight is 291 g/mol. The molecule has 2 rings (SSSR count). The SMILES string of the molecule is CCCCC1CCC(C(NC)c2ccnn2CCC)CC1. The zero-order valence-corrected chi connectivity index (χ0v) is 14.1. The van der Waals surface area contributed by atoms with Gasteiger partial charge in [-0.2, -0.15) is 5.10 Å². The van der Waals surface area contributed by atoms with Gasteiger partial charge >= 0.3 is 0 Å². The molecule has 1 fully saturated rings. The second-order valence-electron chi connectivity index (χ2n) is 6.67. The lowest BCUT2D eigenvalue weighted by molar-refractivity contribution is 0.212. The smallest absolute Gasteiger partial charge is 0.0556 e. The lowest BCUT2D eigenvalue weighted by Crippen LogP contribution is -2.30. The van der Waals surface area contributed by atoms with Gasteiger partial charge in [0.25, 0.3) is 0 Å². The van der Waals surface area contributed by atoms with Crippen LogP contribution in [0.3, 0.4) is 0 Å². The number of aromatic nitrogens is 2. The van der Waals surface area contributed by atoms with E-state index in [-0.39, 0.29) is 0 Å². The Balaban J connectivity index is 1.94. The van der Waals surface area contributed by atoms with Crippen LogP contribution >= 0.6 is 0 Å². The van der Waals surface area contributed by atoms with Crippen LogP contribution in [0.1, 0.15) is 76.9 Å². The highest BCUT2D eigenvalue weighted by Crippen LogP contribution is 2.38. The van der Waals surface area contributed by atoms with E-state index in [0.29, 0.717) is 6.04 Å². The van der Waals surface area contributed by atoms with Gasteiger partial charge in [0.05, 0.1) is 11.7 Å². The van der Waals surface area contributed by atoms with Crippen LogP contribution in [0, 0.1) is 11.8 Å². The molecular weight excluding hydrogens is 258 g/mol. The molecule has 3 nitrogen and oxygen atoms in total. The second kappa shape index (κ2) is 8.57. The lowest BCUT2D eigenvalue weighted by Gasteiger charge is -2.34. The number of rotatable bonds is 8. The Morgan fingerprint density at radius 3 is 2.62 bits per heavy atom. The minimum atomic E-state index is 0.478. The van der Waals surface area contributed by atoms with Gasteiger partial charge in [-0.1, -0.05) is 46.0 Å². The molecule has 0 aromatic carbocycles. The molecule has 1 heterocycles. The Morgan fingerprint density at radius 2 is 2.00 bits per heavy atom. The first kappa shape index (κ1) is 16.5. The van der Waals surface area contributed by atoms with Crippen LogP contribution in [-0.2, 0) is 6.54 Å². The third kappa shape index (κ3) is 4.32. The summed E-state index contributed by atoms with van der Waals surface area (Å²) in [5, 5.41) is 8.07. The summed E-state index contributed by atoms with van der Waals surface area (Å²) in [5.74, 6) is 1.76. The van der Waals surface area contributed by atoms with E-state index in [1.165, 1.54) is 50.6 Å². The highest BCUT2D eigenvalue weighted by molar-refractivity contribution is 5.09. The highest BCUT2D eigenvalue weighted by Gasteiger charge is 2.29. The number of hydrogen-bond acceptors (Lipinski definition) is 2. The molecule has 1 atom stereocenters. The largest absolute Gasteiger partial charge is 0.311 e. The van der Waals surface area contributed by atoms with E-state index >= 15 is 0 Å². The molecule has 21 heavy (non-hydrogen) atoms. The summed E-state index contributed by atoms with van der Waals surface area (Å²) in [6, 6.07) is 2.69. The predicted octanol–water partition coefficient (Wildman–Crippen LogP) is 4.55. The maximum Gasteiger partial charge on any atom is 0.0556 e. The number of nitrogens with zero attached hydrogens (tertiary/aromatic N) is 2. The average Bonchev–Trinajstić information content (AvgIpc) is 2.96. The standard InChI is InChI=1S/C18H33N3/c1-4-6-7-15-8-10-16(11-9-15)18(19-3)17-12-13-20-21(17)14-5-2/h12-13,15-16,18-19H,4-11,14H2,1-3H3. The van der Waals surface area contributed by atoms with Gasteiger partial charge < -0.3 is 5.32 Å². The quantitative estimate of drug-likeness (QED) is 0.761. The van der Waals surface area contributed by atoms with Gasteiger partial charge in [-0.25, -0.2) is 0 Å². The fourth-order valence-corrected chi connectivity index (χ4v) is 3.93. The van der Waals surface area contributed by atoms with Crippen LogP contribution in [0.2, 0.25) is 0 Å². The maximum atomic E-state index is 4.50. The van der Waals surface area contributed by atoms with E-state index in [2.05, 4.69) is 42.1 Å². The van der Waals surface area contributed by atoms with E-state index in [4.69, 9.17) is 0 Å². The summed E-state index contributed by atoms with van der Waals surface area (Å²) < 4.78 is 2.20. The highest BCUT2D eigenvalue weighted by atomic mass is 15.3. The first-order valence-electron chi connectivity index (χ1n) is 8.99. The van der Waals surface area contributed by atoms with E-state index in [0.717, 1.165) is 24.8 Å². The fraction of sp³-hybridized carbons (Fsp3) is 0.833. The Bertz CT molecular complexity index is 391. The molecular formula is C18H33N3. The van der Waals surface area contributed by atoms with Crippen molar-refractivity contribution in [3.63, 3.8) is 0 Å². The van der Waals surface area contributed by atoms with Gasteiger partial charge in [0, 0.05) is 12.7 Å². The van der Waals surface area contributed by atoms with Crippen molar-refractivity contribution in [2.45, 2.75) is 77.8 Å². The number of nitrogens with one attached hydrogen (secondary N) is 1. The molecule has 0 aliphatic heterocycles. The molecule has 0 radical (unpaired) electrons. The molecule has 0 spiro atoms. The van der Waals surface area contributed by atoms with E-state index in [1.54, 1.807) is 0 Å². The van der Waals surface area contributed by atoms with Crippen LogP contribution in [0.5, 0.6) is 0 Å². The first-order chi connectivity index (χ1) is 10.3. The Kier molecular flexibility index (Phi) is 6.75. The molecule has 1 aromatic heterocycles. The molecule has 1 aliphatic carbocycles. The Labute approximate surface area is 130 Å². The minimum Gasteiger partial charge on any atom is -0.311 e. The molecule has 1 aliphatic rings. The first-order valence-corrected chi connectivity index (χ1v) is 8.99. The zero-order chi connectivity index (χ0) is 15.1. The lowest BCUT2D eigenvalue weighted by atomic mass is 9.76. The topological polar surface area (TPSA) is 29.9 Å². The fourth-order valence-electron chi connectivity index (χ4n) is 3.93. The third-order valence-corrected chi connectivity index (χ3v) is 5.14. The van der Waals surface area contributed by atoms with E-state index in [1.807, 2.05) is 6.20 Å². The summed E-state index contributed by atoms with van der Waals surface area (Å²) in [6.07, 6.45) is 12.9. The van der Waals surface area contributed by atoms with Crippen molar-refractivity contribution in [1.82, 2.24) is 15.1 Å². The van der Waals surface area contributed by atoms with E-state index < -0.39 is 0 Å². The molecule has 0 amide bonds. The Hall–Kier alpha value is -0.830. The third-order valence-electron chi connectivity index (χ3n) is 5.14. The predicted molar refractivity (Wildman–Crippen MR) is 89.3 cm³/mol. The monoisotopic (exact) mass is 291 g/mol. The number of aryl methyl sites for hydroxylation is 1. The molecule has 120 valence electrons. The van der Waals surface area contributed by atoms with Gasteiger partial charge in [0.2, 0.25) is 0 Å². The molecule has 0 saturated heterocycles. The van der Waals surface area contributed by atoms with Crippen molar-refractivity contribution >= 4 is 0 Å². The molecule has 1 unspecified atom stereocenters. The molecule has 1 N–H and O–H groups in total. The minimum absolute atomic E-state index is 0.478. The van der Waals surface area contributed by atoms with Crippen LogP contribution in [0.25, 0.3) is 0 Å². The van der Waals surface area contributed by atoms with Crippen LogP contribution < -0.4 is 5.32 Å². The van der Waals surface area contributed by atoms with Crippen molar-refractivity contribution in [3.8, 4) is 0 Å². The zero-order valence-electron chi connectivity index (χ0n) is 14.1. The maximum absolute atomic E-state index is 4.50. The normalized spacial score (nSPS) is 24.1. The molecule has 0 bridgehead atoms. The van der Waals surface area contributed by atoms with Gasteiger partial charge in [0.1, 0.15) is 0 Å². The van der Waals surface area contributed by atoms with Gasteiger partial charge in [0.15, 0.2) is 0 Å². The molecule has 1 aromatic rings. The summed E-state index contributed by atoms with van der Waals surface area (Å²) in [5.41, 5.74) is 1.39. The second-order valence-corrected chi connectivity index (χ2v) is 6.67.